The standard InChI is InChI=1S/C13H9ClFNO3/c14-7-2-1-3-8(15)11(7)6-4-10(17)16-9-5-19-13(18)12(6)9/h1-3,6H,4-5H2,(H,16,17)/t6-/m1/s1. The van der Waals surface area contributed by atoms with Crippen LogP contribution in [-0.4, -0.2) is 18.5 Å². The Labute approximate surface area is 113 Å². The SMILES string of the molecule is O=C1C[C@H](c2c(F)cccc2Cl)C2=C(COC2=O)N1. The molecule has 0 aliphatic carbocycles. The molecule has 0 bridgehead atoms. The molecule has 1 amide bonds. The number of esters is 1. The molecule has 2 aliphatic rings. The zero-order chi connectivity index (χ0) is 13.6. The van der Waals surface area contributed by atoms with Gasteiger partial charge in [0.2, 0.25) is 5.91 Å². The Kier molecular flexibility index (Phi) is 2.78. The summed E-state index contributed by atoms with van der Waals surface area (Å²) in [5.41, 5.74) is 0.877. The number of cyclic esters (lactones) is 1. The van der Waals surface area contributed by atoms with Crippen molar-refractivity contribution in [2.45, 2.75) is 12.3 Å². The quantitative estimate of drug-likeness (QED) is 0.800. The number of benzene rings is 1. The van der Waals surface area contributed by atoms with Gasteiger partial charge in [-0.25, -0.2) is 9.18 Å². The summed E-state index contributed by atoms with van der Waals surface area (Å²) in [4.78, 5) is 23.4. The summed E-state index contributed by atoms with van der Waals surface area (Å²) < 4.78 is 18.8. The van der Waals surface area contributed by atoms with E-state index in [-0.39, 0.29) is 29.5 Å². The number of halogens is 2. The molecule has 1 aromatic rings. The van der Waals surface area contributed by atoms with E-state index in [0.29, 0.717) is 11.3 Å². The van der Waals surface area contributed by atoms with Crippen molar-refractivity contribution in [2.24, 2.45) is 0 Å². The second-order valence-corrected chi connectivity index (χ2v) is 4.82. The molecule has 19 heavy (non-hydrogen) atoms. The largest absolute Gasteiger partial charge is 0.456 e. The van der Waals surface area contributed by atoms with Crippen molar-refractivity contribution in [3.8, 4) is 0 Å². The van der Waals surface area contributed by atoms with Crippen molar-refractivity contribution in [2.75, 3.05) is 6.61 Å². The van der Waals surface area contributed by atoms with Crippen molar-refractivity contribution in [1.82, 2.24) is 5.32 Å². The van der Waals surface area contributed by atoms with E-state index in [1.807, 2.05) is 0 Å². The molecule has 6 heteroatoms. The van der Waals surface area contributed by atoms with Gasteiger partial charge in [0.15, 0.2) is 0 Å². The minimum atomic E-state index is -0.688. The van der Waals surface area contributed by atoms with Gasteiger partial charge in [0.05, 0.1) is 11.3 Å². The molecule has 1 N–H and O–H groups in total. The topological polar surface area (TPSA) is 55.4 Å². The maximum absolute atomic E-state index is 14.0. The van der Waals surface area contributed by atoms with Gasteiger partial charge in [0.25, 0.3) is 0 Å². The lowest BCUT2D eigenvalue weighted by Crippen LogP contribution is -2.32. The molecule has 0 fully saturated rings. The third-order valence-corrected chi connectivity index (χ3v) is 3.60. The molecule has 1 atom stereocenters. The molecule has 0 radical (unpaired) electrons. The zero-order valence-electron chi connectivity index (χ0n) is 9.70. The minimum Gasteiger partial charge on any atom is -0.456 e. The number of amides is 1. The lowest BCUT2D eigenvalue weighted by molar-refractivity contribution is -0.136. The monoisotopic (exact) mass is 281 g/mol. The van der Waals surface area contributed by atoms with Crippen molar-refractivity contribution in [3.05, 3.63) is 45.9 Å². The van der Waals surface area contributed by atoms with Gasteiger partial charge in [-0.15, -0.1) is 0 Å². The van der Waals surface area contributed by atoms with Crippen LogP contribution in [0.5, 0.6) is 0 Å². The van der Waals surface area contributed by atoms with Crippen LogP contribution in [0, 0.1) is 5.82 Å². The first-order chi connectivity index (χ1) is 9.08. The summed E-state index contributed by atoms with van der Waals surface area (Å²) in [5.74, 6) is -2.02. The summed E-state index contributed by atoms with van der Waals surface area (Å²) in [6.07, 6.45) is -0.0193. The van der Waals surface area contributed by atoms with E-state index in [2.05, 4.69) is 5.32 Å². The second kappa shape index (κ2) is 4.35. The van der Waals surface area contributed by atoms with Crippen molar-refractivity contribution >= 4 is 23.5 Å². The highest BCUT2D eigenvalue weighted by molar-refractivity contribution is 6.31. The first-order valence-corrected chi connectivity index (χ1v) is 6.09. The first kappa shape index (κ1) is 12.2. The Bertz CT molecular complexity index is 606. The second-order valence-electron chi connectivity index (χ2n) is 4.41. The highest BCUT2D eigenvalue weighted by Gasteiger charge is 2.39. The third-order valence-electron chi connectivity index (χ3n) is 3.27. The van der Waals surface area contributed by atoms with E-state index in [0.717, 1.165) is 0 Å². The van der Waals surface area contributed by atoms with Gasteiger partial charge in [-0.2, -0.15) is 0 Å². The van der Waals surface area contributed by atoms with Crippen LogP contribution >= 0.6 is 11.6 Å². The van der Waals surface area contributed by atoms with Crippen molar-refractivity contribution in [3.63, 3.8) is 0 Å². The zero-order valence-corrected chi connectivity index (χ0v) is 10.5. The number of hydrogen-bond acceptors (Lipinski definition) is 3. The van der Waals surface area contributed by atoms with Crippen molar-refractivity contribution in [1.29, 1.82) is 0 Å². The Morgan fingerprint density at radius 2 is 2.16 bits per heavy atom. The fourth-order valence-electron chi connectivity index (χ4n) is 2.47. The number of ether oxygens (including phenoxy) is 1. The molecule has 98 valence electrons. The molecule has 2 aliphatic heterocycles. The highest BCUT2D eigenvalue weighted by atomic mass is 35.5. The highest BCUT2D eigenvalue weighted by Crippen LogP contribution is 2.40. The predicted molar refractivity (Wildman–Crippen MR) is 64.9 cm³/mol. The molecule has 0 aromatic heterocycles. The molecule has 1 aromatic carbocycles. The summed E-state index contributed by atoms with van der Waals surface area (Å²) in [5, 5.41) is 2.78. The first-order valence-electron chi connectivity index (χ1n) is 5.72. The summed E-state index contributed by atoms with van der Waals surface area (Å²) in [6, 6.07) is 4.27. The summed E-state index contributed by atoms with van der Waals surface area (Å²) in [7, 11) is 0. The Morgan fingerprint density at radius 3 is 2.89 bits per heavy atom. The Morgan fingerprint density at radius 1 is 1.37 bits per heavy atom. The van der Waals surface area contributed by atoms with E-state index in [9.17, 15) is 14.0 Å². The van der Waals surface area contributed by atoms with Gasteiger partial charge in [-0.1, -0.05) is 17.7 Å². The Balaban J connectivity index is 2.16. The van der Waals surface area contributed by atoms with E-state index >= 15 is 0 Å². The molecular formula is C13H9ClFNO3. The molecule has 4 nitrogen and oxygen atoms in total. The molecule has 0 unspecified atom stereocenters. The number of carbonyl (C=O) groups is 2. The van der Waals surface area contributed by atoms with E-state index in [4.69, 9.17) is 16.3 Å². The lowest BCUT2D eigenvalue weighted by Gasteiger charge is -2.23. The maximum Gasteiger partial charge on any atom is 0.336 e. The van der Waals surface area contributed by atoms with Crippen LogP contribution < -0.4 is 5.32 Å². The minimum absolute atomic E-state index is 0.0163. The average molecular weight is 282 g/mol. The van der Waals surface area contributed by atoms with Crippen LogP contribution in [0.1, 0.15) is 17.9 Å². The average Bonchev–Trinajstić information content (AvgIpc) is 2.70. The number of rotatable bonds is 1. The van der Waals surface area contributed by atoms with Crippen LogP contribution in [-0.2, 0) is 14.3 Å². The smallest absolute Gasteiger partial charge is 0.336 e. The van der Waals surface area contributed by atoms with Crippen LogP contribution in [0.3, 0.4) is 0 Å². The Hall–Kier alpha value is -1.88. The van der Waals surface area contributed by atoms with Crippen LogP contribution in [0.15, 0.2) is 29.5 Å². The number of nitrogens with one attached hydrogen (secondary N) is 1. The van der Waals surface area contributed by atoms with Gasteiger partial charge in [0, 0.05) is 22.9 Å². The molecular weight excluding hydrogens is 273 g/mol. The molecule has 0 saturated heterocycles. The maximum atomic E-state index is 14.0. The van der Waals surface area contributed by atoms with Gasteiger partial charge in [-0.05, 0) is 12.1 Å². The van der Waals surface area contributed by atoms with E-state index in [1.54, 1.807) is 0 Å². The van der Waals surface area contributed by atoms with Gasteiger partial charge >= 0.3 is 5.97 Å². The fraction of sp³-hybridized carbons (Fsp3) is 0.231. The van der Waals surface area contributed by atoms with Crippen molar-refractivity contribution < 1.29 is 18.7 Å². The molecule has 3 rings (SSSR count). The van der Waals surface area contributed by atoms with E-state index in [1.165, 1.54) is 18.2 Å². The fourth-order valence-corrected chi connectivity index (χ4v) is 2.76. The third kappa shape index (κ3) is 1.90. The molecule has 2 heterocycles. The van der Waals surface area contributed by atoms with Gasteiger partial charge in [0.1, 0.15) is 12.4 Å². The van der Waals surface area contributed by atoms with Crippen LogP contribution in [0.2, 0.25) is 5.02 Å². The van der Waals surface area contributed by atoms with Gasteiger partial charge in [-0.3, -0.25) is 4.79 Å². The normalized spacial score (nSPS) is 22.1. The summed E-state index contributed by atoms with van der Waals surface area (Å²) >= 11 is 6.00. The predicted octanol–water partition coefficient (Wildman–Crippen LogP) is 1.89. The number of hydrogen-bond donors (Lipinski definition) is 1. The lowest BCUT2D eigenvalue weighted by atomic mass is 9.85. The van der Waals surface area contributed by atoms with Crippen LogP contribution in [0.4, 0.5) is 4.39 Å². The molecule has 0 saturated carbocycles. The van der Waals surface area contributed by atoms with Crippen LogP contribution in [0.25, 0.3) is 0 Å². The number of carbonyl (C=O) groups excluding carboxylic acids is 2. The van der Waals surface area contributed by atoms with Gasteiger partial charge < -0.3 is 10.1 Å². The molecule has 0 spiro atoms. The summed E-state index contributed by atoms with van der Waals surface area (Å²) in [6.45, 7) is 0.0163. The van der Waals surface area contributed by atoms with E-state index < -0.39 is 17.7 Å².